The minimum atomic E-state index is -5.16. The van der Waals surface area contributed by atoms with Crippen LogP contribution in [-0.4, -0.2) is 109 Å². The summed E-state index contributed by atoms with van der Waals surface area (Å²) in [5.41, 5.74) is 2.61. The number of nitrogens with one attached hydrogen (secondary N) is 2. The monoisotopic (exact) mass is 653 g/mol. The van der Waals surface area contributed by atoms with Gasteiger partial charge in [0.25, 0.3) is 0 Å². The zero-order chi connectivity index (χ0) is 31.1. The number of tetrazole rings is 1. The molecule has 44 heavy (non-hydrogen) atoms. The number of aliphatic hydroxyl groups excluding tert-OH is 3. The van der Waals surface area contributed by atoms with Gasteiger partial charge in [-0.2, -0.15) is 20.3 Å². The molecule has 3 aromatic heterocycles. The van der Waals surface area contributed by atoms with E-state index in [0.717, 1.165) is 18.4 Å². The normalized spacial score (nSPS) is 24.9. The molecule has 4 aromatic rings. The molecule has 1 aliphatic heterocycles. The van der Waals surface area contributed by atoms with Crippen molar-refractivity contribution >= 4 is 36.0 Å². The van der Waals surface area contributed by atoms with Crippen LogP contribution >= 0.6 is 19.2 Å². The molecule has 1 aliphatic carbocycles. The van der Waals surface area contributed by atoms with Gasteiger partial charge in [-0.05, 0) is 35.6 Å². The molecule has 4 heterocycles. The number of hydrogen-bond donors (Lipinski definition) is 7. The van der Waals surface area contributed by atoms with Crippen LogP contribution in [0.3, 0.4) is 0 Å². The number of rotatable bonds is 12. The van der Waals surface area contributed by atoms with Crippen LogP contribution in [0.15, 0.2) is 30.5 Å². The van der Waals surface area contributed by atoms with E-state index < -0.39 is 57.3 Å². The Kier molecular flexibility index (Phi) is 8.64. The molecule has 0 bridgehead atoms. The van der Waals surface area contributed by atoms with Crippen LogP contribution in [0.4, 0.5) is 5.82 Å². The number of aryl methyl sites for hydroxylation is 1. The highest BCUT2D eigenvalue weighted by atomic mass is 35.5. The predicted molar refractivity (Wildman–Crippen MR) is 149 cm³/mol. The lowest BCUT2D eigenvalue weighted by molar-refractivity contribution is -0.131. The number of H-pyrrole nitrogens is 1. The Labute approximate surface area is 253 Å². The number of nitrogens with zero attached hydrogens (tertiary/aromatic N) is 7. The van der Waals surface area contributed by atoms with Gasteiger partial charge in [-0.15, -0.1) is 10.2 Å². The van der Waals surface area contributed by atoms with E-state index in [4.69, 9.17) is 25.8 Å². The van der Waals surface area contributed by atoms with E-state index in [1.807, 2.05) is 18.2 Å². The minimum Gasteiger partial charge on any atom is -0.393 e. The SMILES string of the molecule is O=P(O)(O)C(CO)(COCc1nn[nH]n1)OC[C@H]1O[C@@H](n2ncc3c(NC4CCc5ccccc54)nc(Cl)nc32)[C@H](O)[C@@H]1O. The summed E-state index contributed by atoms with van der Waals surface area (Å²) in [6.07, 6.45) is -2.47. The van der Waals surface area contributed by atoms with Crippen LogP contribution < -0.4 is 5.32 Å². The zero-order valence-corrected chi connectivity index (χ0v) is 24.5. The molecule has 2 unspecified atom stereocenters. The fraction of sp³-hybridized carbons (Fsp3) is 0.500. The molecule has 0 radical (unpaired) electrons. The number of benzene rings is 1. The Hall–Kier alpha value is -3.16. The number of aromatic amines is 1. The standard InChI is InChI=1S/C24H29ClN9O9P/c25-23-28-20(27-15-6-5-12-3-1-2-4-13(12)15)14-7-26-34(21(14)29-23)22-19(37)18(36)16(43-22)8-42-24(10-35,44(38,39)40)11-41-9-17-30-32-33-31-17/h1-4,7,15-16,18-19,22,35-37H,5-6,8-11H2,(H,27,28,29)(H2,38,39,40)(H,30,31,32,33)/t15?,16-,18-,19-,22-,24?/m1/s1. The summed E-state index contributed by atoms with van der Waals surface area (Å²) in [7, 11) is -5.16. The van der Waals surface area contributed by atoms with Crippen molar-refractivity contribution in [1.29, 1.82) is 0 Å². The second-order valence-electron chi connectivity index (χ2n) is 10.4. The lowest BCUT2D eigenvalue weighted by atomic mass is 10.1. The van der Waals surface area contributed by atoms with Crippen LogP contribution in [0.5, 0.6) is 0 Å². The number of aliphatic hydroxyl groups is 3. The molecule has 0 amide bonds. The molecule has 0 saturated carbocycles. The first-order valence-corrected chi connectivity index (χ1v) is 15.5. The highest BCUT2D eigenvalue weighted by molar-refractivity contribution is 7.53. The summed E-state index contributed by atoms with van der Waals surface area (Å²) in [4.78, 5) is 28.6. The molecular formula is C24H29ClN9O9P. The van der Waals surface area contributed by atoms with Gasteiger partial charge in [0, 0.05) is 0 Å². The van der Waals surface area contributed by atoms with Gasteiger partial charge in [0.2, 0.25) is 10.6 Å². The van der Waals surface area contributed by atoms with Gasteiger partial charge in [-0.25, -0.2) is 4.68 Å². The van der Waals surface area contributed by atoms with Crippen LogP contribution in [-0.2, 0) is 31.8 Å². The first-order valence-electron chi connectivity index (χ1n) is 13.5. The summed E-state index contributed by atoms with van der Waals surface area (Å²) in [6, 6.07) is 8.07. The van der Waals surface area contributed by atoms with Crippen molar-refractivity contribution in [2.75, 3.05) is 25.1 Å². The maximum absolute atomic E-state index is 12.4. The first-order chi connectivity index (χ1) is 21.1. The molecule has 0 spiro atoms. The van der Waals surface area contributed by atoms with E-state index in [1.54, 1.807) is 0 Å². The second-order valence-corrected chi connectivity index (χ2v) is 12.7. The Morgan fingerprint density at radius 3 is 2.80 bits per heavy atom. The molecule has 6 atom stereocenters. The van der Waals surface area contributed by atoms with E-state index in [9.17, 15) is 29.7 Å². The highest BCUT2D eigenvalue weighted by Crippen LogP contribution is 2.51. The lowest BCUT2D eigenvalue weighted by Crippen LogP contribution is -2.45. The average Bonchev–Trinajstić information content (AvgIpc) is 3.79. The number of fused-ring (bicyclic) bond motifs is 2. The van der Waals surface area contributed by atoms with Crippen LogP contribution in [0, 0.1) is 0 Å². The number of ether oxygens (including phenoxy) is 3. The smallest absolute Gasteiger partial charge is 0.361 e. The molecule has 18 nitrogen and oxygen atoms in total. The van der Waals surface area contributed by atoms with Gasteiger partial charge in [-0.3, -0.25) is 4.57 Å². The van der Waals surface area contributed by atoms with Gasteiger partial charge < -0.3 is 44.6 Å². The minimum absolute atomic E-state index is 0.0163. The maximum atomic E-state index is 12.4. The van der Waals surface area contributed by atoms with E-state index in [2.05, 4.69) is 47.1 Å². The largest absolute Gasteiger partial charge is 0.393 e. The lowest BCUT2D eigenvalue weighted by Gasteiger charge is -2.33. The highest BCUT2D eigenvalue weighted by Gasteiger charge is 2.51. The van der Waals surface area contributed by atoms with E-state index in [0.29, 0.717) is 11.2 Å². The Morgan fingerprint density at radius 2 is 2.05 bits per heavy atom. The van der Waals surface area contributed by atoms with Crippen LogP contribution in [0.1, 0.15) is 35.6 Å². The van der Waals surface area contributed by atoms with Crippen molar-refractivity contribution < 1.29 is 43.9 Å². The van der Waals surface area contributed by atoms with E-state index in [1.165, 1.54) is 16.4 Å². The summed E-state index contributed by atoms with van der Waals surface area (Å²) in [5, 5.41) is 50.1. The number of halogens is 1. The summed E-state index contributed by atoms with van der Waals surface area (Å²) < 4.78 is 30.2. The van der Waals surface area contributed by atoms with Gasteiger partial charge >= 0.3 is 7.60 Å². The topological polar surface area (TPSA) is 256 Å². The molecule has 1 fully saturated rings. The summed E-state index contributed by atoms with van der Waals surface area (Å²) in [6.45, 7) is -2.84. The van der Waals surface area contributed by atoms with Crippen LogP contribution in [0.2, 0.25) is 5.28 Å². The molecule has 20 heteroatoms. The quantitative estimate of drug-likeness (QED) is 0.0772. The van der Waals surface area contributed by atoms with Crippen molar-refractivity contribution in [2.45, 2.75) is 55.4 Å². The second kappa shape index (κ2) is 12.3. The molecule has 7 N–H and O–H groups in total. The van der Waals surface area contributed by atoms with Gasteiger partial charge in [0.1, 0.15) is 30.7 Å². The molecule has 6 rings (SSSR count). The third kappa shape index (κ3) is 5.81. The third-order valence-corrected chi connectivity index (χ3v) is 9.32. The van der Waals surface area contributed by atoms with E-state index >= 15 is 0 Å². The first kappa shape index (κ1) is 30.8. The van der Waals surface area contributed by atoms with Gasteiger partial charge in [0.05, 0.1) is 37.4 Å². The van der Waals surface area contributed by atoms with Gasteiger partial charge in [0.15, 0.2) is 17.7 Å². The predicted octanol–water partition coefficient (Wildman–Crippen LogP) is -0.189. The summed E-state index contributed by atoms with van der Waals surface area (Å²) in [5.74, 6) is 0.529. The molecule has 1 aromatic carbocycles. The fourth-order valence-electron chi connectivity index (χ4n) is 5.31. The van der Waals surface area contributed by atoms with Crippen molar-refractivity contribution in [2.24, 2.45) is 0 Å². The average molecular weight is 654 g/mol. The number of hydrogen-bond acceptors (Lipinski definition) is 14. The number of anilines is 1. The zero-order valence-electron chi connectivity index (χ0n) is 22.8. The van der Waals surface area contributed by atoms with Gasteiger partial charge in [-0.1, -0.05) is 29.5 Å². The molecule has 1 saturated heterocycles. The molecule has 236 valence electrons. The third-order valence-electron chi connectivity index (χ3n) is 7.69. The van der Waals surface area contributed by atoms with E-state index in [-0.39, 0.29) is 29.4 Å². The molecule has 2 aliphatic rings. The van der Waals surface area contributed by atoms with Crippen molar-refractivity contribution in [3.8, 4) is 0 Å². The maximum Gasteiger partial charge on any atom is 0.361 e. The van der Waals surface area contributed by atoms with Crippen LogP contribution in [0.25, 0.3) is 11.0 Å². The van der Waals surface area contributed by atoms with Crippen molar-refractivity contribution in [3.05, 3.63) is 52.7 Å². The molecular weight excluding hydrogens is 625 g/mol. The van der Waals surface area contributed by atoms with Crippen molar-refractivity contribution in [3.63, 3.8) is 0 Å². The Balaban J connectivity index is 1.19. The Morgan fingerprint density at radius 1 is 1.23 bits per heavy atom. The number of aromatic nitrogens is 8. The summed E-state index contributed by atoms with van der Waals surface area (Å²) >= 11 is 6.27. The fourth-order valence-corrected chi connectivity index (χ4v) is 6.16. The van der Waals surface area contributed by atoms with Crippen molar-refractivity contribution in [1.82, 2.24) is 40.4 Å². The Bertz CT molecular complexity index is 1660.